The molecule has 0 aliphatic carbocycles. The van der Waals surface area contributed by atoms with Crippen LogP contribution in [0, 0.1) is 0 Å². The first-order valence-electron chi connectivity index (χ1n) is 13.3. The lowest BCUT2D eigenvalue weighted by Crippen LogP contribution is -2.60. The molecule has 3 aliphatic heterocycles. The van der Waals surface area contributed by atoms with Crippen LogP contribution in [-0.4, -0.2) is 113 Å². The second-order valence-corrected chi connectivity index (χ2v) is 10.5. The van der Waals surface area contributed by atoms with Crippen LogP contribution >= 0.6 is 0 Å². The third-order valence-corrected chi connectivity index (χ3v) is 7.97. The number of nitrogens with zero attached hydrogens (tertiary/aromatic N) is 7. The number of carbonyl (C=O) groups is 2. The molecular formula is C27H34N8O3. The van der Waals surface area contributed by atoms with E-state index in [4.69, 9.17) is 9.72 Å². The molecule has 0 radical (unpaired) electrons. The zero-order valence-electron chi connectivity index (χ0n) is 21.9. The highest BCUT2D eigenvalue weighted by Crippen LogP contribution is 2.26. The number of hydrogen-bond donors (Lipinski definition) is 1. The summed E-state index contributed by atoms with van der Waals surface area (Å²) >= 11 is 0. The van der Waals surface area contributed by atoms with E-state index in [2.05, 4.69) is 27.3 Å². The molecule has 0 bridgehead atoms. The lowest BCUT2D eigenvalue weighted by Gasteiger charge is -2.44. The highest BCUT2D eigenvalue weighted by molar-refractivity contribution is 5.94. The van der Waals surface area contributed by atoms with E-state index in [0.717, 1.165) is 49.5 Å². The molecule has 5 heterocycles. The SMILES string of the molecule is CN1CCC(N(C)C(=O)c2ccc(Nc3nc4c(N5CCN6C(=O)COC[C@@H]6C5)cccn4n3)cc2)CC1. The molecule has 6 rings (SSSR count). The van der Waals surface area contributed by atoms with Gasteiger partial charge in [0.15, 0.2) is 5.65 Å². The fourth-order valence-corrected chi connectivity index (χ4v) is 5.68. The van der Waals surface area contributed by atoms with E-state index in [-0.39, 0.29) is 30.5 Å². The second kappa shape index (κ2) is 10.2. The van der Waals surface area contributed by atoms with Crippen molar-refractivity contribution < 1.29 is 14.3 Å². The van der Waals surface area contributed by atoms with Gasteiger partial charge in [-0.2, -0.15) is 4.98 Å². The number of morpholine rings is 1. The molecule has 2 aromatic heterocycles. The summed E-state index contributed by atoms with van der Waals surface area (Å²) in [6.45, 7) is 4.87. The van der Waals surface area contributed by atoms with Gasteiger partial charge in [0.05, 0.1) is 18.3 Å². The first-order chi connectivity index (χ1) is 18.5. The number of amides is 2. The Morgan fingerprint density at radius 1 is 1.11 bits per heavy atom. The Bertz CT molecular complexity index is 1320. The maximum atomic E-state index is 13.0. The van der Waals surface area contributed by atoms with Gasteiger partial charge in [-0.1, -0.05) is 0 Å². The number of ether oxygens (including phenoxy) is 1. The van der Waals surface area contributed by atoms with E-state index < -0.39 is 0 Å². The predicted octanol–water partition coefficient (Wildman–Crippen LogP) is 1.69. The van der Waals surface area contributed by atoms with Crippen molar-refractivity contribution in [2.45, 2.75) is 24.9 Å². The van der Waals surface area contributed by atoms with Crippen LogP contribution in [0.15, 0.2) is 42.6 Å². The van der Waals surface area contributed by atoms with Crippen LogP contribution in [0.4, 0.5) is 17.3 Å². The first kappa shape index (κ1) is 24.6. The van der Waals surface area contributed by atoms with Gasteiger partial charge in [0.2, 0.25) is 11.9 Å². The summed E-state index contributed by atoms with van der Waals surface area (Å²) < 4.78 is 7.24. The minimum Gasteiger partial charge on any atom is -0.369 e. The maximum Gasteiger partial charge on any atom is 0.253 e. The van der Waals surface area contributed by atoms with Crippen molar-refractivity contribution in [3.63, 3.8) is 0 Å². The summed E-state index contributed by atoms with van der Waals surface area (Å²) in [4.78, 5) is 38.3. The zero-order valence-corrected chi connectivity index (χ0v) is 21.9. The molecule has 0 spiro atoms. The van der Waals surface area contributed by atoms with E-state index in [0.29, 0.717) is 31.2 Å². The number of anilines is 3. The number of carbonyl (C=O) groups excluding carboxylic acids is 2. The quantitative estimate of drug-likeness (QED) is 0.545. The van der Waals surface area contributed by atoms with Gasteiger partial charge in [0.25, 0.3) is 5.91 Å². The number of likely N-dealkylation sites (tertiary alicyclic amines) is 1. The summed E-state index contributed by atoms with van der Waals surface area (Å²) in [7, 11) is 4.03. The second-order valence-electron chi connectivity index (χ2n) is 10.5. The largest absolute Gasteiger partial charge is 0.369 e. The summed E-state index contributed by atoms with van der Waals surface area (Å²) in [5, 5.41) is 7.88. The Balaban J connectivity index is 1.14. The monoisotopic (exact) mass is 518 g/mol. The van der Waals surface area contributed by atoms with Gasteiger partial charge >= 0.3 is 0 Å². The van der Waals surface area contributed by atoms with Crippen LogP contribution < -0.4 is 10.2 Å². The number of rotatable bonds is 5. The standard InChI is InChI=1S/C27H34N8O3/c1-31-12-9-21(10-13-31)32(2)26(37)19-5-7-20(8-6-19)28-27-29-25-23(4-3-11-35(25)30-27)33-14-15-34-22(16-33)17-38-18-24(34)36/h3-8,11,21-22H,9-10,12-18H2,1-2H3,(H,28,30)/t22-/m0/s1. The van der Waals surface area contributed by atoms with Gasteiger partial charge in [0.1, 0.15) is 6.61 Å². The number of hydrogen-bond acceptors (Lipinski definition) is 8. The van der Waals surface area contributed by atoms with Crippen molar-refractivity contribution in [2.24, 2.45) is 0 Å². The van der Waals surface area contributed by atoms with Crippen molar-refractivity contribution in [3.05, 3.63) is 48.2 Å². The minimum atomic E-state index is 0.0468. The molecular weight excluding hydrogens is 484 g/mol. The highest BCUT2D eigenvalue weighted by Gasteiger charge is 2.34. The van der Waals surface area contributed by atoms with E-state index in [1.54, 1.807) is 4.52 Å². The van der Waals surface area contributed by atoms with Crippen LogP contribution in [0.25, 0.3) is 5.65 Å². The Morgan fingerprint density at radius 2 is 1.89 bits per heavy atom. The maximum absolute atomic E-state index is 13.0. The number of aromatic nitrogens is 3. The normalized spacial score (nSPS) is 21.0. The average Bonchev–Trinajstić information content (AvgIpc) is 3.35. The van der Waals surface area contributed by atoms with Crippen LogP contribution in [-0.2, 0) is 9.53 Å². The number of fused-ring (bicyclic) bond motifs is 2. The highest BCUT2D eigenvalue weighted by atomic mass is 16.5. The fourth-order valence-electron chi connectivity index (χ4n) is 5.68. The molecule has 0 unspecified atom stereocenters. The molecule has 38 heavy (non-hydrogen) atoms. The smallest absolute Gasteiger partial charge is 0.253 e. The lowest BCUT2D eigenvalue weighted by atomic mass is 10.0. The molecule has 200 valence electrons. The van der Waals surface area contributed by atoms with Crippen molar-refractivity contribution in [2.75, 3.05) is 70.2 Å². The van der Waals surface area contributed by atoms with E-state index in [9.17, 15) is 9.59 Å². The van der Waals surface area contributed by atoms with Crippen LogP contribution in [0.2, 0.25) is 0 Å². The van der Waals surface area contributed by atoms with E-state index in [1.165, 1.54) is 0 Å². The van der Waals surface area contributed by atoms with Crippen molar-refractivity contribution >= 4 is 34.8 Å². The summed E-state index contributed by atoms with van der Waals surface area (Å²) in [5.41, 5.74) is 3.21. The molecule has 2 amide bonds. The molecule has 11 heteroatoms. The number of nitrogens with one attached hydrogen (secondary N) is 1. The molecule has 1 N–H and O–H groups in total. The lowest BCUT2D eigenvalue weighted by molar-refractivity contribution is -0.148. The Kier molecular flexibility index (Phi) is 6.62. The van der Waals surface area contributed by atoms with Gasteiger partial charge in [-0.15, -0.1) is 5.10 Å². The Morgan fingerprint density at radius 3 is 2.68 bits per heavy atom. The number of pyridine rings is 1. The third-order valence-electron chi connectivity index (χ3n) is 7.97. The number of piperazine rings is 1. The predicted molar refractivity (Wildman–Crippen MR) is 144 cm³/mol. The first-order valence-corrected chi connectivity index (χ1v) is 13.3. The topological polar surface area (TPSA) is 98.6 Å². The van der Waals surface area contributed by atoms with E-state index >= 15 is 0 Å². The molecule has 11 nitrogen and oxygen atoms in total. The van der Waals surface area contributed by atoms with Crippen molar-refractivity contribution in [1.29, 1.82) is 0 Å². The zero-order chi connectivity index (χ0) is 26.2. The molecule has 1 atom stereocenters. The molecule has 3 saturated heterocycles. The third kappa shape index (κ3) is 4.79. The minimum absolute atomic E-state index is 0.0468. The van der Waals surface area contributed by atoms with Gasteiger partial charge in [-0.25, -0.2) is 4.52 Å². The number of piperidine rings is 1. The van der Waals surface area contributed by atoms with Crippen LogP contribution in [0.5, 0.6) is 0 Å². The molecule has 3 aliphatic rings. The molecule has 0 saturated carbocycles. The van der Waals surface area contributed by atoms with Gasteiger partial charge in [0, 0.05) is 50.2 Å². The van der Waals surface area contributed by atoms with Gasteiger partial charge < -0.3 is 29.7 Å². The number of benzene rings is 1. The van der Waals surface area contributed by atoms with Crippen LogP contribution in [0.1, 0.15) is 23.2 Å². The van der Waals surface area contributed by atoms with Crippen molar-refractivity contribution in [1.82, 2.24) is 29.3 Å². The van der Waals surface area contributed by atoms with Gasteiger partial charge in [-0.05, 0) is 69.4 Å². The fraction of sp³-hybridized carbons (Fsp3) is 0.481. The summed E-state index contributed by atoms with van der Waals surface area (Å²) in [6.07, 6.45) is 3.88. The van der Waals surface area contributed by atoms with Gasteiger partial charge in [-0.3, -0.25) is 9.59 Å². The average molecular weight is 519 g/mol. The summed E-state index contributed by atoms with van der Waals surface area (Å²) in [6, 6.07) is 11.8. The summed E-state index contributed by atoms with van der Waals surface area (Å²) in [5.74, 6) is 0.593. The van der Waals surface area contributed by atoms with Crippen LogP contribution in [0.3, 0.4) is 0 Å². The van der Waals surface area contributed by atoms with Crippen molar-refractivity contribution in [3.8, 4) is 0 Å². The van der Waals surface area contributed by atoms with E-state index in [1.807, 2.05) is 59.4 Å². The Hall–Kier alpha value is -3.70. The molecule has 3 fully saturated rings. The molecule has 3 aromatic rings. The Labute approximate surface area is 221 Å². The molecule has 1 aromatic carbocycles.